The fourth-order valence-electron chi connectivity index (χ4n) is 1.97. The van der Waals surface area contributed by atoms with E-state index in [9.17, 15) is 4.79 Å². The molecule has 1 N–H and O–H groups in total. The first kappa shape index (κ1) is 15.2. The van der Waals surface area contributed by atoms with Gasteiger partial charge in [0.15, 0.2) is 0 Å². The largest absolute Gasteiger partial charge is 0.349 e. The van der Waals surface area contributed by atoms with Gasteiger partial charge < -0.3 is 5.32 Å². The van der Waals surface area contributed by atoms with Crippen LogP contribution in [0.25, 0.3) is 11.3 Å². The highest BCUT2D eigenvalue weighted by molar-refractivity contribution is 5.99. The van der Waals surface area contributed by atoms with Gasteiger partial charge in [0.2, 0.25) is 0 Å². The van der Waals surface area contributed by atoms with Gasteiger partial charge in [-0.05, 0) is 13.3 Å². The average Bonchev–Trinajstić information content (AvgIpc) is 2.54. The van der Waals surface area contributed by atoms with Gasteiger partial charge in [0.05, 0.1) is 11.3 Å². The number of carbonyl (C=O) groups is 1. The average molecular weight is 283 g/mol. The summed E-state index contributed by atoms with van der Waals surface area (Å²) in [7, 11) is 0. The Bertz CT molecular complexity index is 611. The Hall–Kier alpha value is -2.23. The minimum Gasteiger partial charge on any atom is -0.349 e. The SMILES string of the molecule is CCc1ncc(C(=O)N[C@H](C)CC)c(-c2ccccc2)n1. The van der Waals surface area contributed by atoms with Crippen molar-refractivity contribution in [3.8, 4) is 11.3 Å². The van der Waals surface area contributed by atoms with Crippen molar-refractivity contribution < 1.29 is 4.79 Å². The Morgan fingerprint density at radius 2 is 1.95 bits per heavy atom. The second-order valence-corrected chi connectivity index (χ2v) is 5.05. The van der Waals surface area contributed by atoms with E-state index in [4.69, 9.17) is 0 Å². The fourth-order valence-corrected chi connectivity index (χ4v) is 1.97. The van der Waals surface area contributed by atoms with Crippen molar-refractivity contribution in [2.75, 3.05) is 0 Å². The Morgan fingerprint density at radius 1 is 1.24 bits per heavy atom. The van der Waals surface area contributed by atoms with Crippen molar-refractivity contribution in [3.63, 3.8) is 0 Å². The summed E-state index contributed by atoms with van der Waals surface area (Å²) in [5.41, 5.74) is 2.16. The maximum Gasteiger partial charge on any atom is 0.255 e. The van der Waals surface area contributed by atoms with E-state index >= 15 is 0 Å². The number of nitrogens with one attached hydrogen (secondary N) is 1. The molecule has 0 aliphatic rings. The highest BCUT2D eigenvalue weighted by atomic mass is 16.1. The molecule has 0 spiro atoms. The molecule has 0 aliphatic carbocycles. The standard InChI is InChI=1S/C17H21N3O/c1-4-12(3)19-17(21)14-11-18-15(5-2)20-16(14)13-9-7-6-8-10-13/h6-12H,4-5H2,1-3H3,(H,19,21)/t12-/m1/s1. The highest BCUT2D eigenvalue weighted by Gasteiger charge is 2.17. The van der Waals surface area contributed by atoms with Crippen molar-refractivity contribution in [3.05, 3.63) is 47.9 Å². The van der Waals surface area contributed by atoms with Crippen molar-refractivity contribution in [2.45, 2.75) is 39.7 Å². The van der Waals surface area contributed by atoms with Crippen LogP contribution in [-0.4, -0.2) is 21.9 Å². The molecule has 2 aromatic rings. The normalized spacial score (nSPS) is 12.0. The van der Waals surface area contributed by atoms with Crippen molar-refractivity contribution >= 4 is 5.91 Å². The molecule has 1 atom stereocenters. The predicted molar refractivity (Wildman–Crippen MR) is 84.1 cm³/mol. The third-order valence-corrected chi connectivity index (χ3v) is 3.44. The van der Waals surface area contributed by atoms with Crippen molar-refractivity contribution in [1.29, 1.82) is 0 Å². The number of aryl methyl sites for hydroxylation is 1. The molecule has 1 heterocycles. The molecule has 1 aromatic heterocycles. The topological polar surface area (TPSA) is 54.9 Å². The molecule has 0 unspecified atom stereocenters. The summed E-state index contributed by atoms with van der Waals surface area (Å²) in [5.74, 6) is 0.625. The number of rotatable bonds is 5. The van der Waals surface area contributed by atoms with E-state index in [1.165, 1.54) is 0 Å². The maximum atomic E-state index is 12.4. The minimum absolute atomic E-state index is 0.120. The lowest BCUT2D eigenvalue weighted by molar-refractivity contribution is 0.0939. The zero-order valence-corrected chi connectivity index (χ0v) is 12.8. The van der Waals surface area contributed by atoms with Crippen LogP contribution in [0.15, 0.2) is 36.5 Å². The summed E-state index contributed by atoms with van der Waals surface area (Å²) in [6.45, 7) is 6.03. The van der Waals surface area contributed by atoms with Gasteiger partial charge in [-0.3, -0.25) is 4.79 Å². The summed E-state index contributed by atoms with van der Waals surface area (Å²) in [6.07, 6.45) is 3.26. The first-order valence-electron chi connectivity index (χ1n) is 7.37. The summed E-state index contributed by atoms with van der Waals surface area (Å²) < 4.78 is 0. The molecule has 4 nitrogen and oxygen atoms in total. The van der Waals surface area contributed by atoms with Gasteiger partial charge in [0, 0.05) is 24.2 Å². The molecular weight excluding hydrogens is 262 g/mol. The number of carbonyl (C=O) groups excluding carboxylic acids is 1. The van der Waals surface area contributed by atoms with Crippen LogP contribution < -0.4 is 5.32 Å². The van der Waals surface area contributed by atoms with Gasteiger partial charge in [0.1, 0.15) is 5.82 Å². The maximum absolute atomic E-state index is 12.4. The lowest BCUT2D eigenvalue weighted by Crippen LogP contribution is -2.32. The van der Waals surface area contributed by atoms with Crippen LogP contribution in [-0.2, 0) is 6.42 Å². The molecule has 0 saturated heterocycles. The molecule has 0 saturated carbocycles. The molecular formula is C17H21N3O. The Morgan fingerprint density at radius 3 is 2.57 bits per heavy atom. The lowest BCUT2D eigenvalue weighted by Gasteiger charge is -2.14. The molecule has 21 heavy (non-hydrogen) atoms. The van der Waals surface area contributed by atoms with E-state index in [1.807, 2.05) is 51.1 Å². The van der Waals surface area contributed by atoms with E-state index in [0.717, 1.165) is 24.2 Å². The zero-order chi connectivity index (χ0) is 15.2. The zero-order valence-electron chi connectivity index (χ0n) is 12.8. The van der Waals surface area contributed by atoms with Crippen LogP contribution in [0.4, 0.5) is 0 Å². The Labute approximate surface area is 125 Å². The van der Waals surface area contributed by atoms with Gasteiger partial charge in [-0.15, -0.1) is 0 Å². The second-order valence-electron chi connectivity index (χ2n) is 5.05. The molecule has 1 aromatic carbocycles. The lowest BCUT2D eigenvalue weighted by atomic mass is 10.1. The van der Waals surface area contributed by atoms with Crippen molar-refractivity contribution in [2.24, 2.45) is 0 Å². The van der Waals surface area contributed by atoms with Gasteiger partial charge in [-0.1, -0.05) is 44.2 Å². The molecule has 0 fully saturated rings. The molecule has 0 bridgehead atoms. The van der Waals surface area contributed by atoms with E-state index < -0.39 is 0 Å². The first-order valence-corrected chi connectivity index (χ1v) is 7.37. The third kappa shape index (κ3) is 3.66. The molecule has 0 aliphatic heterocycles. The smallest absolute Gasteiger partial charge is 0.255 e. The van der Waals surface area contributed by atoms with Gasteiger partial charge in [0.25, 0.3) is 5.91 Å². The second kappa shape index (κ2) is 6.97. The van der Waals surface area contributed by atoms with Crippen LogP contribution in [0.2, 0.25) is 0 Å². The Kier molecular flexibility index (Phi) is 5.04. The summed E-state index contributed by atoms with van der Waals surface area (Å²) in [6, 6.07) is 9.89. The number of aromatic nitrogens is 2. The summed E-state index contributed by atoms with van der Waals surface area (Å²) in [5, 5.41) is 2.97. The van der Waals surface area contributed by atoms with Gasteiger partial charge in [-0.25, -0.2) is 9.97 Å². The van der Waals surface area contributed by atoms with Crippen LogP contribution in [0, 0.1) is 0 Å². The van der Waals surface area contributed by atoms with E-state index in [-0.39, 0.29) is 11.9 Å². The number of nitrogens with zero attached hydrogens (tertiary/aromatic N) is 2. The fraction of sp³-hybridized carbons (Fsp3) is 0.353. The molecule has 1 amide bonds. The van der Waals surface area contributed by atoms with Crippen LogP contribution in [0.1, 0.15) is 43.4 Å². The quantitative estimate of drug-likeness (QED) is 0.916. The number of hydrogen-bond acceptors (Lipinski definition) is 3. The van der Waals surface area contributed by atoms with E-state index in [2.05, 4.69) is 15.3 Å². The van der Waals surface area contributed by atoms with Gasteiger partial charge >= 0.3 is 0 Å². The minimum atomic E-state index is -0.120. The summed E-state index contributed by atoms with van der Waals surface area (Å²) >= 11 is 0. The monoisotopic (exact) mass is 283 g/mol. The number of benzene rings is 1. The van der Waals surface area contributed by atoms with Crippen LogP contribution >= 0.6 is 0 Å². The molecule has 4 heteroatoms. The first-order chi connectivity index (χ1) is 10.2. The van der Waals surface area contributed by atoms with Crippen molar-refractivity contribution in [1.82, 2.24) is 15.3 Å². The van der Waals surface area contributed by atoms with Crippen LogP contribution in [0.3, 0.4) is 0 Å². The Balaban J connectivity index is 2.43. The third-order valence-electron chi connectivity index (χ3n) is 3.44. The van der Waals surface area contributed by atoms with Gasteiger partial charge in [-0.2, -0.15) is 0 Å². The highest BCUT2D eigenvalue weighted by Crippen LogP contribution is 2.21. The number of amides is 1. The predicted octanol–water partition coefficient (Wildman–Crippen LogP) is 3.23. The van der Waals surface area contributed by atoms with Crippen LogP contribution in [0.5, 0.6) is 0 Å². The van der Waals surface area contributed by atoms with E-state index in [0.29, 0.717) is 11.3 Å². The molecule has 2 rings (SSSR count). The molecule has 110 valence electrons. The van der Waals surface area contributed by atoms with E-state index in [1.54, 1.807) is 6.20 Å². The number of hydrogen-bond donors (Lipinski definition) is 1. The summed E-state index contributed by atoms with van der Waals surface area (Å²) in [4.78, 5) is 21.2. The molecule has 0 radical (unpaired) electrons.